The Kier molecular flexibility index (Phi) is 5.01. The van der Waals surface area contributed by atoms with Crippen LogP contribution in [0, 0.1) is 5.82 Å². The zero-order valence-electron chi connectivity index (χ0n) is 11.1. The average molecular weight is 290 g/mol. The molecule has 1 heterocycles. The van der Waals surface area contributed by atoms with Gasteiger partial charge in [0.05, 0.1) is 0 Å². The smallest absolute Gasteiger partial charge is 0.270 e. The van der Waals surface area contributed by atoms with Crippen molar-refractivity contribution in [2.45, 2.75) is 13.3 Å². The van der Waals surface area contributed by atoms with Gasteiger partial charge in [-0.2, -0.15) is 0 Å². The summed E-state index contributed by atoms with van der Waals surface area (Å²) in [4.78, 5) is 16.1. The van der Waals surface area contributed by atoms with E-state index in [2.05, 4.69) is 10.3 Å². The van der Waals surface area contributed by atoms with Crippen molar-refractivity contribution in [3.8, 4) is 10.6 Å². The number of amides is 1. The maximum absolute atomic E-state index is 12.9. The van der Waals surface area contributed by atoms with Gasteiger partial charge < -0.3 is 5.32 Å². The highest BCUT2D eigenvalue weighted by atomic mass is 32.1. The number of rotatable bonds is 5. The third kappa shape index (κ3) is 3.74. The van der Waals surface area contributed by atoms with Gasteiger partial charge in [0.15, 0.2) is 0 Å². The fourth-order valence-corrected chi connectivity index (χ4v) is 2.44. The van der Waals surface area contributed by atoms with E-state index in [-0.39, 0.29) is 11.7 Å². The Bertz CT molecular complexity index is 605. The molecule has 2 rings (SSSR count). The number of aromatic nitrogens is 1. The second-order valence-corrected chi connectivity index (χ2v) is 5.02. The van der Waals surface area contributed by atoms with Crippen molar-refractivity contribution in [2.24, 2.45) is 0 Å². The second-order valence-electron chi connectivity index (χ2n) is 4.16. The van der Waals surface area contributed by atoms with Crippen LogP contribution in [-0.4, -0.2) is 17.4 Å². The summed E-state index contributed by atoms with van der Waals surface area (Å²) in [5.74, 6) is -0.466. The molecule has 0 saturated carbocycles. The molecule has 1 aromatic heterocycles. The first-order chi connectivity index (χ1) is 9.70. The Hall–Kier alpha value is -2.01. The lowest BCUT2D eigenvalue weighted by Gasteiger charge is -2.00. The quantitative estimate of drug-likeness (QED) is 0.674. The molecule has 1 N–H and O–H groups in total. The van der Waals surface area contributed by atoms with E-state index in [1.165, 1.54) is 23.5 Å². The largest absolute Gasteiger partial charge is 0.350 e. The van der Waals surface area contributed by atoms with E-state index < -0.39 is 0 Å². The maximum atomic E-state index is 12.9. The van der Waals surface area contributed by atoms with Crippen LogP contribution in [0.3, 0.4) is 0 Å². The summed E-state index contributed by atoms with van der Waals surface area (Å²) < 4.78 is 12.9. The lowest BCUT2D eigenvalue weighted by Crippen LogP contribution is -2.24. The molecule has 0 unspecified atom stereocenters. The molecule has 104 valence electrons. The summed E-state index contributed by atoms with van der Waals surface area (Å²) in [6.07, 6.45) is 4.74. The summed E-state index contributed by atoms with van der Waals surface area (Å²) in [7, 11) is 0. The van der Waals surface area contributed by atoms with E-state index in [0.717, 1.165) is 12.0 Å². The number of carbonyl (C=O) groups is 1. The molecule has 0 aliphatic carbocycles. The third-order valence-electron chi connectivity index (χ3n) is 2.66. The number of nitrogens with zero attached hydrogens (tertiary/aromatic N) is 1. The van der Waals surface area contributed by atoms with Crippen LogP contribution in [-0.2, 0) is 0 Å². The predicted molar refractivity (Wildman–Crippen MR) is 79.3 cm³/mol. The molecule has 0 aliphatic heterocycles. The Morgan fingerprint density at radius 1 is 1.40 bits per heavy atom. The third-order valence-corrected chi connectivity index (χ3v) is 3.55. The molecular weight excluding hydrogens is 275 g/mol. The highest BCUT2D eigenvalue weighted by Crippen LogP contribution is 2.23. The minimum absolute atomic E-state index is 0.181. The van der Waals surface area contributed by atoms with Gasteiger partial charge in [0, 0.05) is 17.5 Å². The van der Waals surface area contributed by atoms with E-state index in [1.54, 1.807) is 17.5 Å². The Balaban J connectivity index is 2.01. The fraction of sp³-hybridized carbons (Fsp3) is 0.200. The van der Waals surface area contributed by atoms with Crippen molar-refractivity contribution in [1.82, 2.24) is 10.3 Å². The molecule has 0 fully saturated rings. The van der Waals surface area contributed by atoms with Crippen molar-refractivity contribution < 1.29 is 9.18 Å². The molecule has 0 aliphatic rings. The topological polar surface area (TPSA) is 42.0 Å². The molecule has 1 amide bonds. The highest BCUT2D eigenvalue weighted by molar-refractivity contribution is 7.13. The van der Waals surface area contributed by atoms with Gasteiger partial charge in [-0.1, -0.05) is 12.2 Å². The van der Waals surface area contributed by atoms with Crippen LogP contribution in [0.1, 0.15) is 23.8 Å². The molecule has 0 radical (unpaired) electrons. The van der Waals surface area contributed by atoms with Crippen LogP contribution in [0.5, 0.6) is 0 Å². The molecule has 2 aromatic rings. The number of halogens is 1. The Morgan fingerprint density at radius 3 is 2.85 bits per heavy atom. The number of nitrogens with one attached hydrogen (secondary N) is 1. The number of benzene rings is 1. The van der Waals surface area contributed by atoms with E-state index in [9.17, 15) is 9.18 Å². The number of carbonyl (C=O) groups excluding carboxylic acids is 1. The average Bonchev–Trinajstić information content (AvgIpc) is 2.94. The van der Waals surface area contributed by atoms with Crippen molar-refractivity contribution in [1.29, 1.82) is 0 Å². The van der Waals surface area contributed by atoms with Crippen LogP contribution < -0.4 is 5.32 Å². The van der Waals surface area contributed by atoms with Gasteiger partial charge in [-0.3, -0.25) is 4.79 Å². The van der Waals surface area contributed by atoms with Crippen LogP contribution >= 0.6 is 11.3 Å². The fourth-order valence-electron chi connectivity index (χ4n) is 1.63. The minimum Gasteiger partial charge on any atom is -0.350 e. The molecule has 20 heavy (non-hydrogen) atoms. The van der Waals surface area contributed by atoms with E-state index in [4.69, 9.17) is 0 Å². The van der Waals surface area contributed by atoms with Gasteiger partial charge >= 0.3 is 0 Å². The predicted octanol–water partition coefficient (Wildman–Crippen LogP) is 3.65. The van der Waals surface area contributed by atoms with Crippen LogP contribution in [0.25, 0.3) is 10.6 Å². The summed E-state index contributed by atoms with van der Waals surface area (Å²) in [5.41, 5.74) is 1.21. The van der Waals surface area contributed by atoms with Gasteiger partial charge in [-0.05, 0) is 37.6 Å². The minimum atomic E-state index is -0.285. The van der Waals surface area contributed by atoms with Crippen molar-refractivity contribution in [3.63, 3.8) is 0 Å². The Morgan fingerprint density at radius 2 is 2.15 bits per heavy atom. The highest BCUT2D eigenvalue weighted by Gasteiger charge is 2.11. The zero-order chi connectivity index (χ0) is 14.4. The van der Waals surface area contributed by atoms with E-state index >= 15 is 0 Å². The number of hydrogen-bond acceptors (Lipinski definition) is 3. The molecule has 1 aromatic carbocycles. The van der Waals surface area contributed by atoms with Gasteiger partial charge in [-0.15, -0.1) is 11.3 Å². The molecule has 5 heteroatoms. The zero-order valence-corrected chi connectivity index (χ0v) is 11.9. The first-order valence-electron chi connectivity index (χ1n) is 6.31. The van der Waals surface area contributed by atoms with E-state index in [1.807, 2.05) is 19.1 Å². The standard InChI is InChI=1S/C15H15FN2OS/c1-2-3-4-9-17-14(19)13-10-20-15(18-13)11-5-7-12(16)8-6-11/h2-3,5-8,10H,4,9H2,1H3,(H,17,19)/b3-2+. The monoisotopic (exact) mass is 290 g/mol. The van der Waals surface area contributed by atoms with Crippen molar-refractivity contribution in [3.05, 3.63) is 53.3 Å². The molecular formula is C15H15FN2OS. The molecule has 0 saturated heterocycles. The lowest BCUT2D eigenvalue weighted by atomic mass is 10.2. The van der Waals surface area contributed by atoms with Gasteiger partial charge in [-0.25, -0.2) is 9.37 Å². The summed E-state index contributed by atoms with van der Waals surface area (Å²) in [6.45, 7) is 2.53. The van der Waals surface area contributed by atoms with Crippen molar-refractivity contribution in [2.75, 3.05) is 6.54 Å². The normalized spacial score (nSPS) is 10.9. The van der Waals surface area contributed by atoms with Crippen molar-refractivity contribution >= 4 is 17.2 Å². The molecule has 3 nitrogen and oxygen atoms in total. The van der Waals surface area contributed by atoms with Crippen LogP contribution in [0.15, 0.2) is 41.8 Å². The number of thiazole rings is 1. The summed E-state index contributed by atoms with van der Waals surface area (Å²) in [5, 5.41) is 5.23. The summed E-state index contributed by atoms with van der Waals surface area (Å²) in [6, 6.07) is 6.07. The number of hydrogen-bond donors (Lipinski definition) is 1. The maximum Gasteiger partial charge on any atom is 0.270 e. The van der Waals surface area contributed by atoms with Gasteiger partial charge in [0.1, 0.15) is 16.5 Å². The van der Waals surface area contributed by atoms with Gasteiger partial charge in [0.2, 0.25) is 0 Å². The van der Waals surface area contributed by atoms with Crippen LogP contribution in [0.2, 0.25) is 0 Å². The first kappa shape index (κ1) is 14.4. The summed E-state index contributed by atoms with van der Waals surface area (Å²) >= 11 is 1.37. The van der Waals surface area contributed by atoms with Gasteiger partial charge in [0.25, 0.3) is 5.91 Å². The van der Waals surface area contributed by atoms with Crippen LogP contribution in [0.4, 0.5) is 4.39 Å². The first-order valence-corrected chi connectivity index (χ1v) is 7.19. The molecule has 0 atom stereocenters. The molecule has 0 spiro atoms. The molecule has 0 bridgehead atoms. The lowest BCUT2D eigenvalue weighted by molar-refractivity contribution is 0.0950. The number of allylic oxidation sites excluding steroid dienone is 1. The Labute approximate surface area is 121 Å². The SMILES string of the molecule is C/C=C/CCNC(=O)c1csc(-c2ccc(F)cc2)n1. The second kappa shape index (κ2) is 6.96. The van der Waals surface area contributed by atoms with E-state index in [0.29, 0.717) is 17.2 Å².